The van der Waals surface area contributed by atoms with Gasteiger partial charge in [-0.25, -0.2) is 0 Å². The first-order valence-electron chi connectivity index (χ1n) is 7.47. The molecule has 0 bridgehead atoms. The van der Waals surface area contributed by atoms with E-state index in [2.05, 4.69) is 18.7 Å². The predicted molar refractivity (Wildman–Crippen MR) is 77.8 cm³/mol. The number of rotatable bonds is 3. The Morgan fingerprint density at radius 2 is 2.05 bits per heavy atom. The molecule has 2 unspecified atom stereocenters. The van der Waals surface area contributed by atoms with E-state index in [1.165, 1.54) is 12.1 Å². The van der Waals surface area contributed by atoms with E-state index in [-0.39, 0.29) is 12.0 Å². The van der Waals surface area contributed by atoms with E-state index in [1.807, 2.05) is 0 Å². The Morgan fingerprint density at radius 3 is 2.62 bits per heavy atom. The van der Waals surface area contributed by atoms with Crippen LogP contribution in [0.2, 0.25) is 0 Å². The normalized spacial score (nSPS) is 24.5. The fourth-order valence-corrected chi connectivity index (χ4v) is 3.29. The number of piperidine rings is 1. The highest BCUT2D eigenvalue weighted by atomic mass is 19.4. The second-order valence-electron chi connectivity index (χ2n) is 6.04. The summed E-state index contributed by atoms with van der Waals surface area (Å²) in [7, 11) is 0. The van der Waals surface area contributed by atoms with Crippen LogP contribution in [0.15, 0.2) is 24.3 Å². The SMILES string of the molecule is CC(C)N1CCCC(CN)C1c1cccc(C(F)(F)F)c1. The van der Waals surface area contributed by atoms with Crippen molar-refractivity contribution >= 4 is 0 Å². The standard InChI is InChI=1S/C16H23F3N2/c1-11(2)21-8-4-6-13(10-20)15(21)12-5-3-7-14(9-12)16(17,18)19/h3,5,7,9,11,13,15H,4,6,8,10,20H2,1-2H3. The highest BCUT2D eigenvalue weighted by Gasteiger charge is 2.35. The van der Waals surface area contributed by atoms with E-state index in [0.29, 0.717) is 12.6 Å². The minimum Gasteiger partial charge on any atom is -0.330 e. The first-order valence-corrected chi connectivity index (χ1v) is 7.47. The molecule has 1 saturated heterocycles. The van der Waals surface area contributed by atoms with Crippen molar-refractivity contribution in [2.45, 2.75) is 44.9 Å². The highest BCUT2D eigenvalue weighted by molar-refractivity contribution is 5.29. The third-order valence-electron chi connectivity index (χ3n) is 4.32. The van der Waals surface area contributed by atoms with Crippen LogP contribution in [-0.2, 0) is 6.18 Å². The molecule has 1 aliphatic heterocycles. The molecule has 21 heavy (non-hydrogen) atoms. The second-order valence-corrected chi connectivity index (χ2v) is 6.04. The van der Waals surface area contributed by atoms with Gasteiger partial charge in [-0.3, -0.25) is 4.90 Å². The zero-order valence-corrected chi connectivity index (χ0v) is 12.5. The highest BCUT2D eigenvalue weighted by Crippen LogP contribution is 2.39. The molecule has 5 heteroatoms. The number of alkyl halides is 3. The lowest BCUT2D eigenvalue weighted by Crippen LogP contribution is -2.45. The van der Waals surface area contributed by atoms with E-state index in [1.54, 1.807) is 6.07 Å². The van der Waals surface area contributed by atoms with Gasteiger partial charge in [0.2, 0.25) is 0 Å². The number of nitrogens with two attached hydrogens (primary N) is 1. The molecule has 2 atom stereocenters. The molecule has 0 aliphatic carbocycles. The average Bonchev–Trinajstić information content (AvgIpc) is 2.45. The van der Waals surface area contributed by atoms with Crippen molar-refractivity contribution in [3.63, 3.8) is 0 Å². The molecule has 0 radical (unpaired) electrons. The lowest BCUT2D eigenvalue weighted by molar-refractivity contribution is -0.137. The van der Waals surface area contributed by atoms with Gasteiger partial charge in [0, 0.05) is 12.1 Å². The number of likely N-dealkylation sites (tertiary alicyclic amines) is 1. The maximum Gasteiger partial charge on any atom is 0.416 e. The van der Waals surface area contributed by atoms with Crippen molar-refractivity contribution in [1.82, 2.24) is 4.90 Å². The van der Waals surface area contributed by atoms with Crippen LogP contribution >= 0.6 is 0 Å². The molecule has 2 nitrogen and oxygen atoms in total. The van der Waals surface area contributed by atoms with Crippen molar-refractivity contribution in [2.75, 3.05) is 13.1 Å². The first kappa shape index (κ1) is 16.3. The quantitative estimate of drug-likeness (QED) is 0.919. The molecule has 1 fully saturated rings. The predicted octanol–water partition coefficient (Wildman–Crippen LogP) is 3.83. The van der Waals surface area contributed by atoms with Gasteiger partial charge in [-0.05, 0) is 63.4 Å². The smallest absolute Gasteiger partial charge is 0.330 e. The second kappa shape index (κ2) is 6.36. The van der Waals surface area contributed by atoms with Gasteiger partial charge in [0.25, 0.3) is 0 Å². The summed E-state index contributed by atoms with van der Waals surface area (Å²) in [5, 5.41) is 0. The minimum atomic E-state index is -4.30. The zero-order valence-electron chi connectivity index (χ0n) is 12.5. The lowest BCUT2D eigenvalue weighted by Gasteiger charge is -2.44. The van der Waals surface area contributed by atoms with E-state index in [4.69, 9.17) is 5.73 Å². The summed E-state index contributed by atoms with van der Waals surface area (Å²) in [5.41, 5.74) is 6.02. The Labute approximate surface area is 124 Å². The summed E-state index contributed by atoms with van der Waals surface area (Å²) in [6.07, 6.45) is -2.28. The Hall–Kier alpha value is -1.07. The molecule has 0 spiro atoms. The van der Waals surface area contributed by atoms with Crippen LogP contribution in [0.3, 0.4) is 0 Å². The van der Waals surface area contributed by atoms with Gasteiger partial charge in [0.1, 0.15) is 0 Å². The molecule has 1 aromatic carbocycles. The summed E-state index contributed by atoms with van der Waals surface area (Å²) >= 11 is 0. The van der Waals surface area contributed by atoms with Gasteiger partial charge in [0.05, 0.1) is 5.56 Å². The van der Waals surface area contributed by atoms with Crippen LogP contribution in [0.4, 0.5) is 13.2 Å². The Balaban J connectivity index is 2.39. The Morgan fingerprint density at radius 1 is 1.33 bits per heavy atom. The molecule has 1 aromatic rings. The fraction of sp³-hybridized carbons (Fsp3) is 0.625. The minimum absolute atomic E-state index is 0.0222. The average molecular weight is 300 g/mol. The van der Waals surface area contributed by atoms with Gasteiger partial charge >= 0.3 is 6.18 Å². The fourth-order valence-electron chi connectivity index (χ4n) is 3.29. The molecule has 1 aliphatic rings. The molecular weight excluding hydrogens is 277 g/mol. The van der Waals surface area contributed by atoms with E-state index in [0.717, 1.165) is 31.0 Å². The van der Waals surface area contributed by atoms with Crippen LogP contribution in [0.25, 0.3) is 0 Å². The van der Waals surface area contributed by atoms with E-state index >= 15 is 0 Å². The Bertz CT molecular complexity index is 471. The van der Waals surface area contributed by atoms with Crippen LogP contribution in [0.1, 0.15) is 43.9 Å². The number of hydrogen-bond acceptors (Lipinski definition) is 2. The third kappa shape index (κ3) is 3.58. The maximum absolute atomic E-state index is 12.9. The van der Waals surface area contributed by atoms with Crippen LogP contribution in [0.5, 0.6) is 0 Å². The maximum atomic E-state index is 12.9. The van der Waals surface area contributed by atoms with Gasteiger partial charge in [0.15, 0.2) is 0 Å². The van der Waals surface area contributed by atoms with Crippen LogP contribution in [0, 0.1) is 5.92 Å². The number of benzene rings is 1. The van der Waals surface area contributed by atoms with Crippen molar-refractivity contribution < 1.29 is 13.2 Å². The molecule has 118 valence electrons. The van der Waals surface area contributed by atoms with Crippen molar-refractivity contribution in [3.05, 3.63) is 35.4 Å². The summed E-state index contributed by atoms with van der Waals surface area (Å²) in [6.45, 7) is 5.58. The zero-order chi connectivity index (χ0) is 15.6. The van der Waals surface area contributed by atoms with Gasteiger partial charge in [-0.1, -0.05) is 12.1 Å². The van der Waals surface area contributed by atoms with Gasteiger partial charge in [-0.2, -0.15) is 13.2 Å². The summed E-state index contributed by atoms with van der Waals surface area (Å²) in [6, 6.07) is 5.98. The van der Waals surface area contributed by atoms with Gasteiger partial charge < -0.3 is 5.73 Å². The molecule has 0 amide bonds. The molecule has 0 aromatic heterocycles. The monoisotopic (exact) mass is 300 g/mol. The first-order chi connectivity index (χ1) is 9.84. The summed E-state index contributed by atoms with van der Waals surface area (Å²) in [5.74, 6) is 0.213. The van der Waals surface area contributed by atoms with Crippen molar-refractivity contribution in [2.24, 2.45) is 11.7 Å². The number of halogens is 3. The van der Waals surface area contributed by atoms with Gasteiger partial charge in [-0.15, -0.1) is 0 Å². The van der Waals surface area contributed by atoms with E-state index < -0.39 is 11.7 Å². The van der Waals surface area contributed by atoms with Crippen LogP contribution in [-0.4, -0.2) is 24.0 Å². The molecule has 1 heterocycles. The largest absolute Gasteiger partial charge is 0.416 e. The lowest BCUT2D eigenvalue weighted by atomic mass is 9.83. The number of hydrogen-bond donors (Lipinski definition) is 1. The van der Waals surface area contributed by atoms with E-state index in [9.17, 15) is 13.2 Å². The van der Waals surface area contributed by atoms with Crippen molar-refractivity contribution in [1.29, 1.82) is 0 Å². The topological polar surface area (TPSA) is 29.3 Å². The molecule has 2 N–H and O–H groups in total. The Kier molecular flexibility index (Phi) is 4.94. The molecule has 2 rings (SSSR count). The van der Waals surface area contributed by atoms with Crippen LogP contribution < -0.4 is 5.73 Å². The molecular formula is C16H23F3N2. The third-order valence-corrected chi connectivity index (χ3v) is 4.32. The molecule has 0 saturated carbocycles. The summed E-state index contributed by atoms with van der Waals surface area (Å²) in [4.78, 5) is 2.27. The van der Waals surface area contributed by atoms with Crippen molar-refractivity contribution in [3.8, 4) is 0 Å². The summed E-state index contributed by atoms with van der Waals surface area (Å²) < 4.78 is 38.8. The number of nitrogens with zero attached hydrogens (tertiary/aromatic N) is 1.